The van der Waals surface area contributed by atoms with Crippen LogP contribution >= 0.6 is 23.2 Å². The summed E-state index contributed by atoms with van der Waals surface area (Å²) in [5.74, 6) is 1.53. The number of halogens is 2. The van der Waals surface area contributed by atoms with Crippen LogP contribution in [-0.2, 0) is 0 Å². The first-order valence-electron chi connectivity index (χ1n) is 5.93. The van der Waals surface area contributed by atoms with E-state index in [9.17, 15) is 0 Å². The molecule has 0 fully saturated rings. The molecule has 0 aliphatic rings. The predicted molar refractivity (Wildman–Crippen MR) is 79.3 cm³/mol. The topological polar surface area (TPSA) is 61.5 Å². The SMILES string of the molecule is COc1ccc(-c2c(Cl)nc3ncnn3c2Cl)cc1OC. The van der Waals surface area contributed by atoms with Crippen LogP contribution < -0.4 is 9.47 Å². The molecule has 6 nitrogen and oxygen atoms in total. The minimum Gasteiger partial charge on any atom is -0.493 e. The Hall–Kier alpha value is -2.05. The third kappa shape index (κ3) is 2.26. The van der Waals surface area contributed by atoms with Gasteiger partial charge in [-0.1, -0.05) is 29.3 Å². The Balaban J connectivity index is 2.24. The third-order valence-electron chi connectivity index (χ3n) is 3.00. The lowest BCUT2D eigenvalue weighted by atomic mass is 10.1. The molecule has 0 unspecified atom stereocenters. The van der Waals surface area contributed by atoms with Gasteiger partial charge in [-0.05, 0) is 17.7 Å². The quantitative estimate of drug-likeness (QED) is 0.693. The monoisotopic (exact) mass is 324 g/mol. The fourth-order valence-corrected chi connectivity index (χ4v) is 2.66. The van der Waals surface area contributed by atoms with Crippen molar-refractivity contribution in [1.82, 2.24) is 19.6 Å². The first kappa shape index (κ1) is 13.9. The van der Waals surface area contributed by atoms with Crippen molar-refractivity contribution in [1.29, 1.82) is 0 Å². The summed E-state index contributed by atoms with van der Waals surface area (Å²) in [5.41, 5.74) is 1.30. The van der Waals surface area contributed by atoms with Crippen LogP contribution in [-0.4, -0.2) is 33.8 Å². The zero-order valence-electron chi connectivity index (χ0n) is 11.2. The van der Waals surface area contributed by atoms with Crippen LogP contribution in [0.2, 0.25) is 10.3 Å². The van der Waals surface area contributed by atoms with Crippen LogP contribution in [0, 0.1) is 0 Å². The Kier molecular flexibility index (Phi) is 3.57. The molecule has 0 saturated carbocycles. The summed E-state index contributed by atoms with van der Waals surface area (Å²) in [6.07, 6.45) is 1.36. The van der Waals surface area contributed by atoms with E-state index in [1.165, 1.54) is 10.8 Å². The summed E-state index contributed by atoms with van der Waals surface area (Å²) >= 11 is 12.6. The van der Waals surface area contributed by atoms with Crippen LogP contribution in [0.1, 0.15) is 0 Å². The minimum absolute atomic E-state index is 0.243. The number of aromatic nitrogens is 4. The molecule has 1 aromatic carbocycles. The molecule has 21 heavy (non-hydrogen) atoms. The average molecular weight is 325 g/mol. The molecule has 0 aliphatic carbocycles. The highest BCUT2D eigenvalue weighted by molar-refractivity contribution is 6.38. The van der Waals surface area contributed by atoms with Crippen molar-refractivity contribution in [2.45, 2.75) is 0 Å². The van der Waals surface area contributed by atoms with E-state index in [4.69, 9.17) is 32.7 Å². The second-order valence-electron chi connectivity index (χ2n) is 4.11. The number of ether oxygens (including phenoxy) is 2. The van der Waals surface area contributed by atoms with E-state index in [0.717, 1.165) is 5.56 Å². The molecule has 0 aliphatic heterocycles. The van der Waals surface area contributed by atoms with E-state index < -0.39 is 0 Å². The van der Waals surface area contributed by atoms with E-state index in [1.54, 1.807) is 26.4 Å². The molecule has 108 valence electrons. The molecule has 3 rings (SSSR count). The number of fused-ring (bicyclic) bond motifs is 1. The molecule has 0 radical (unpaired) electrons. The van der Waals surface area contributed by atoms with E-state index in [2.05, 4.69) is 15.1 Å². The van der Waals surface area contributed by atoms with Crippen molar-refractivity contribution < 1.29 is 9.47 Å². The number of nitrogens with zero attached hydrogens (tertiary/aromatic N) is 4. The van der Waals surface area contributed by atoms with Gasteiger partial charge in [-0.2, -0.15) is 19.6 Å². The van der Waals surface area contributed by atoms with Crippen molar-refractivity contribution in [3.63, 3.8) is 0 Å². The molecule has 0 bridgehead atoms. The zero-order chi connectivity index (χ0) is 15.0. The van der Waals surface area contributed by atoms with E-state index >= 15 is 0 Å². The smallest absolute Gasteiger partial charge is 0.255 e. The Morgan fingerprint density at radius 2 is 1.86 bits per heavy atom. The fraction of sp³-hybridized carbons (Fsp3) is 0.154. The highest BCUT2D eigenvalue weighted by atomic mass is 35.5. The summed E-state index contributed by atoms with van der Waals surface area (Å²) in [6, 6.07) is 5.36. The average Bonchev–Trinajstić information content (AvgIpc) is 2.95. The molecule has 8 heteroatoms. The van der Waals surface area contributed by atoms with Gasteiger partial charge in [-0.25, -0.2) is 0 Å². The third-order valence-corrected chi connectivity index (χ3v) is 3.62. The molecule has 0 atom stereocenters. The van der Waals surface area contributed by atoms with Crippen LogP contribution in [0.5, 0.6) is 11.5 Å². The standard InChI is InChI=1S/C13H10Cl2N4O2/c1-20-8-4-3-7(5-9(8)21-2)10-11(14)18-13-16-6-17-19(13)12(10)15/h3-6H,1-2H3. The van der Waals surface area contributed by atoms with Gasteiger partial charge < -0.3 is 9.47 Å². The van der Waals surface area contributed by atoms with Gasteiger partial charge in [-0.15, -0.1) is 0 Å². The molecular weight excluding hydrogens is 315 g/mol. The molecule has 0 N–H and O–H groups in total. The van der Waals surface area contributed by atoms with E-state index in [-0.39, 0.29) is 5.15 Å². The van der Waals surface area contributed by atoms with Crippen LogP contribution in [0.4, 0.5) is 0 Å². The second kappa shape index (κ2) is 5.38. The maximum atomic E-state index is 6.36. The maximum absolute atomic E-state index is 6.36. The lowest BCUT2D eigenvalue weighted by molar-refractivity contribution is 0.355. The van der Waals surface area contributed by atoms with Gasteiger partial charge in [0.15, 0.2) is 11.5 Å². The van der Waals surface area contributed by atoms with Crippen molar-refractivity contribution in [3.05, 3.63) is 34.8 Å². The first-order chi connectivity index (χ1) is 10.2. The Morgan fingerprint density at radius 1 is 1.10 bits per heavy atom. The van der Waals surface area contributed by atoms with Gasteiger partial charge in [0.25, 0.3) is 5.78 Å². The molecular formula is C13H10Cl2N4O2. The molecule has 3 aromatic rings. The molecule has 0 saturated heterocycles. The summed E-state index contributed by atoms with van der Waals surface area (Å²) in [5, 5.41) is 4.59. The molecule has 2 aromatic heterocycles. The Morgan fingerprint density at radius 3 is 2.57 bits per heavy atom. The largest absolute Gasteiger partial charge is 0.493 e. The number of rotatable bonds is 3. The van der Waals surface area contributed by atoms with Gasteiger partial charge in [0.1, 0.15) is 16.6 Å². The fourth-order valence-electron chi connectivity index (χ4n) is 2.01. The molecule has 2 heterocycles. The first-order valence-corrected chi connectivity index (χ1v) is 6.68. The van der Waals surface area contributed by atoms with Gasteiger partial charge in [-0.3, -0.25) is 0 Å². The van der Waals surface area contributed by atoms with Crippen molar-refractivity contribution in [3.8, 4) is 22.6 Å². The Bertz CT molecular complexity index is 819. The van der Waals surface area contributed by atoms with Crippen molar-refractivity contribution >= 4 is 29.0 Å². The van der Waals surface area contributed by atoms with Gasteiger partial charge >= 0.3 is 0 Å². The summed E-state index contributed by atoms with van der Waals surface area (Å²) in [7, 11) is 3.13. The van der Waals surface area contributed by atoms with Crippen molar-refractivity contribution in [2.24, 2.45) is 0 Å². The maximum Gasteiger partial charge on any atom is 0.255 e. The summed E-state index contributed by atoms with van der Waals surface area (Å²) in [4.78, 5) is 8.13. The normalized spacial score (nSPS) is 10.9. The molecule has 0 spiro atoms. The lowest BCUT2D eigenvalue weighted by Gasteiger charge is -2.11. The van der Waals surface area contributed by atoms with Gasteiger partial charge in [0.2, 0.25) is 0 Å². The van der Waals surface area contributed by atoms with E-state index in [0.29, 0.717) is 28.0 Å². The Labute approximate surface area is 130 Å². The number of methoxy groups -OCH3 is 2. The number of benzene rings is 1. The predicted octanol–water partition coefficient (Wildman–Crippen LogP) is 3.12. The lowest BCUT2D eigenvalue weighted by Crippen LogP contribution is -1.98. The van der Waals surface area contributed by atoms with Crippen LogP contribution in [0.3, 0.4) is 0 Å². The highest BCUT2D eigenvalue weighted by Gasteiger charge is 2.17. The summed E-state index contributed by atoms with van der Waals surface area (Å²) < 4.78 is 11.9. The minimum atomic E-state index is 0.243. The zero-order valence-corrected chi connectivity index (χ0v) is 12.7. The summed E-state index contributed by atoms with van der Waals surface area (Å²) in [6.45, 7) is 0. The van der Waals surface area contributed by atoms with Gasteiger partial charge in [0, 0.05) is 0 Å². The van der Waals surface area contributed by atoms with Crippen LogP contribution in [0.25, 0.3) is 16.9 Å². The molecule has 0 amide bonds. The number of hydrogen-bond acceptors (Lipinski definition) is 5. The van der Waals surface area contributed by atoms with Crippen LogP contribution in [0.15, 0.2) is 24.5 Å². The highest BCUT2D eigenvalue weighted by Crippen LogP contribution is 2.38. The van der Waals surface area contributed by atoms with E-state index in [1.807, 2.05) is 6.07 Å². The number of hydrogen-bond donors (Lipinski definition) is 0. The van der Waals surface area contributed by atoms with Gasteiger partial charge in [0.05, 0.1) is 19.8 Å². The van der Waals surface area contributed by atoms with Crippen molar-refractivity contribution in [2.75, 3.05) is 14.2 Å². The second-order valence-corrected chi connectivity index (χ2v) is 4.83.